The van der Waals surface area contributed by atoms with Gasteiger partial charge < -0.3 is 4.90 Å². The van der Waals surface area contributed by atoms with E-state index in [0.717, 1.165) is 16.8 Å². The van der Waals surface area contributed by atoms with E-state index in [2.05, 4.69) is 0 Å². The van der Waals surface area contributed by atoms with Gasteiger partial charge in [0.25, 0.3) is 0 Å². The lowest BCUT2D eigenvalue weighted by Crippen LogP contribution is -2.48. The Kier molecular flexibility index (Phi) is 5.08. The van der Waals surface area contributed by atoms with Crippen molar-refractivity contribution in [3.8, 4) is 0 Å². The van der Waals surface area contributed by atoms with Crippen molar-refractivity contribution in [3.63, 3.8) is 0 Å². The highest BCUT2D eigenvalue weighted by molar-refractivity contribution is 6.32. The van der Waals surface area contributed by atoms with Crippen molar-refractivity contribution in [2.75, 3.05) is 4.90 Å². The molecule has 3 aliphatic rings. The maximum Gasteiger partial charge on any atom is 0.185 e. The first-order valence-corrected chi connectivity index (χ1v) is 13.0. The molecule has 4 nitrogen and oxygen atoms in total. The van der Waals surface area contributed by atoms with Gasteiger partial charge in [-0.25, -0.2) is 4.39 Å². The van der Waals surface area contributed by atoms with Gasteiger partial charge in [-0.2, -0.15) is 0 Å². The summed E-state index contributed by atoms with van der Waals surface area (Å²) in [7, 11) is 0. The molecule has 2 heterocycles. The number of rotatable bonds is 3. The zero-order chi connectivity index (χ0) is 26.9. The molecule has 0 amide bonds. The monoisotopic (exact) mass is 513 g/mol. The third-order valence-electron chi connectivity index (χ3n) is 8.55. The summed E-state index contributed by atoms with van der Waals surface area (Å²) < 4.78 is 14.1. The van der Waals surface area contributed by atoms with Gasteiger partial charge in [-0.1, -0.05) is 96.6 Å². The molecule has 0 radical (unpaired) electrons. The summed E-state index contributed by atoms with van der Waals surface area (Å²) in [6.45, 7) is 1.95. The summed E-state index contributed by atoms with van der Waals surface area (Å²) in [5.74, 6) is -2.05. The number of para-hydroxylation sites is 1. The van der Waals surface area contributed by atoms with Crippen molar-refractivity contribution in [3.05, 3.63) is 142 Å². The van der Waals surface area contributed by atoms with E-state index >= 15 is 0 Å². The Labute approximate surface area is 225 Å². The lowest BCUT2D eigenvalue weighted by Gasteiger charge is -2.37. The molecular formula is C34H24FNO3. The van der Waals surface area contributed by atoms with Gasteiger partial charge in [0.15, 0.2) is 17.3 Å². The fraction of sp³-hybridized carbons (Fsp3) is 0.147. The van der Waals surface area contributed by atoms with Crippen LogP contribution in [-0.2, 0) is 0 Å². The Morgan fingerprint density at radius 3 is 2.08 bits per heavy atom. The molecule has 190 valence electrons. The van der Waals surface area contributed by atoms with Crippen molar-refractivity contribution >= 4 is 29.1 Å². The molecule has 0 unspecified atom stereocenters. The molecule has 39 heavy (non-hydrogen) atoms. The molecule has 1 spiro atoms. The molecule has 3 atom stereocenters. The maximum atomic E-state index is 14.5. The summed E-state index contributed by atoms with van der Waals surface area (Å²) in [5.41, 5.74) is 2.93. The number of carbonyl (C=O) groups is 3. The van der Waals surface area contributed by atoms with Crippen LogP contribution in [0.4, 0.5) is 10.1 Å². The van der Waals surface area contributed by atoms with Crippen LogP contribution in [0.2, 0.25) is 0 Å². The molecular weight excluding hydrogens is 489 g/mol. The molecule has 0 N–H and O–H groups in total. The molecule has 7 rings (SSSR count). The smallest absolute Gasteiger partial charge is 0.185 e. The van der Waals surface area contributed by atoms with Gasteiger partial charge in [-0.3, -0.25) is 14.4 Å². The fourth-order valence-corrected chi connectivity index (χ4v) is 6.85. The Bertz CT molecular complexity index is 1670. The van der Waals surface area contributed by atoms with Crippen LogP contribution in [0.3, 0.4) is 0 Å². The van der Waals surface area contributed by atoms with E-state index in [4.69, 9.17) is 0 Å². The second-order valence-electron chi connectivity index (χ2n) is 10.5. The number of hydrogen-bond acceptors (Lipinski definition) is 4. The molecule has 2 aliphatic heterocycles. The normalized spacial score (nSPS) is 22.1. The van der Waals surface area contributed by atoms with E-state index in [1.165, 1.54) is 12.1 Å². The minimum atomic E-state index is -1.59. The zero-order valence-corrected chi connectivity index (χ0v) is 21.2. The minimum absolute atomic E-state index is 0.187. The Morgan fingerprint density at radius 2 is 1.41 bits per heavy atom. The van der Waals surface area contributed by atoms with Gasteiger partial charge >= 0.3 is 0 Å². The summed E-state index contributed by atoms with van der Waals surface area (Å²) >= 11 is 0. The van der Waals surface area contributed by atoms with Gasteiger partial charge in [0.2, 0.25) is 0 Å². The van der Waals surface area contributed by atoms with E-state index in [1.54, 1.807) is 48.5 Å². The Morgan fingerprint density at radius 1 is 0.795 bits per heavy atom. The second-order valence-corrected chi connectivity index (χ2v) is 10.5. The number of nitrogens with zero attached hydrogens (tertiary/aromatic N) is 1. The van der Waals surface area contributed by atoms with Crippen molar-refractivity contribution in [1.29, 1.82) is 0 Å². The third kappa shape index (κ3) is 3.13. The second kappa shape index (κ2) is 8.43. The van der Waals surface area contributed by atoms with Crippen molar-refractivity contribution in [2.45, 2.75) is 24.9 Å². The van der Waals surface area contributed by atoms with E-state index < -0.39 is 29.2 Å². The number of Topliss-reactive ketones (excluding diaryl/α,β-unsaturated/α-hetero) is 3. The summed E-state index contributed by atoms with van der Waals surface area (Å²) in [6.07, 6.45) is 3.82. The molecule has 1 fully saturated rings. The quantitative estimate of drug-likeness (QED) is 0.233. The van der Waals surface area contributed by atoms with Crippen LogP contribution in [0, 0.1) is 18.2 Å². The highest BCUT2D eigenvalue weighted by Crippen LogP contribution is 2.60. The standard InChI is InChI=1S/C34H24FNO3/c1-20-10-12-23(13-11-20)31(37)30-29(22-14-17-24(35)18-15-22)34(32(38)25-7-3-4-8-26(25)33(34)39)28-19-16-21-6-2-5-9-27(21)36(28)30/h2-19,28-30H,1H3/t28-,29+,30-/m1/s1. The van der Waals surface area contributed by atoms with Crippen LogP contribution in [-0.4, -0.2) is 29.4 Å². The van der Waals surface area contributed by atoms with Crippen LogP contribution >= 0.6 is 0 Å². The minimum Gasteiger partial charge on any atom is -0.352 e. The first-order valence-electron chi connectivity index (χ1n) is 13.0. The summed E-state index contributed by atoms with van der Waals surface area (Å²) in [4.78, 5) is 45.6. The number of benzene rings is 4. The predicted octanol–water partition coefficient (Wildman–Crippen LogP) is 6.45. The Hall–Kier alpha value is -4.64. The average molecular weight is 514 g/mol. The van der Waals surface area contributed by atoms with Crippen LogP contribution in [0.15, 0.2) is 103 Å². The van der Waals surface area contributed by atoms with Gasteiger partial charge in [-0.15, -0.1) is 0 Å². The van der Waals surface area contributed by atoms with Gasteiger partial charge in [-0.05, 0) is 36.2 Å². The largest absolute Gasteiger partial charge is 0.352 e. The average Bonchev–Trinajstić information content (AvgIpc) is 3.40. The molecule has 4 aromatic rings. The highest BCUT2D eigenvalue weighted by atomic mass is 19.1. The van der Waals surface area contributed by atoms with Crippen molar-refractivity contribution in [2.24, 2.45) is 5.41 Å². The SMILES string of the molecule is Cc1ccc(C(=O)[C@H]2[C@H](c3ccc(F)cc3)C3(C(=O)c4ccccc4C3=O)[C@H]3C=Cc4ccccc4N23)cc1. The van der Waals surface area contributed by atoms with E-state index in [0.29, 0.717) is 22.3 Å². The fourth-order valence-electron chi connectivity index (χ4n) is 6.85. The van der Waals surface area contributed by atoms with E-state index in [9.17, 15) is 18.8 Å². The van der Waals surface area contributed by atoms with Crippen LogP contribution in [0.1, 0.15) is 53.7 Å². The number of fused-ring (bicyclic) bond motifs is 5. The molecule has 0 saturated carbocycles. The topological polar surface area (TPSA) is 54.5 Å². The first-order chi connectivity index (χ1) is 18.9. The molecule has 4 aromatic carbocycles. The number of anilines is 1. The van der Waals surface area contributed by atoms with Gasteiger partial charge in [0.05, 0.1) is 6.04 Å². The molecule has 0 aromatic heterocycles. The van der Waals surface area contributed by atoms with E-state index in [-0.39, 0.29) is 17.3 Å². The predicted molar refractivity (Wildman–Crippen MR) is 148 cm³/mol. The molecule has 1 saturated heterocycles. The number of ketones is 3. The van der Waals surface area contributed by atoms with Crippen molar-refractivity contribution < 1.29 is 18.8 Å². The maximum absolute atomic E-state index is 14.5. The van der Waals surface area contributed by atoms with Crippen molar-refractivity contribution in [1.82, 2.24) is 0 Å². The number of hydrogen-bond donors (Lipinski definition) is 0. The lowest BCUT2D eigenvalue weighted by atomic mass is 9.64. The number of carbonyl (C=O) groups excluding carboxylic acids is 3. The van der Waals surface area contributed by atoms with Crippen LogP contribution in [0.25, 0.3) is 6.08 Å². The van der Waals surface area contributed by atoms with Crippen LogP contribution < -0.4 is 4.90 Å². The van der Waals surface area contributed by atoms with Gasteiger partial charge in [0.1, 0.15) is 17.3 Å². The molecule has 5 heteroatoms. The first kappa shape index (κ1) is 23.5. The molecule has 1 aliphatic carbocycles. The summed E-state index contributed by atoms with van der Waals surface area (Å²) in [6, 6.07) is 26.2. The van der Waals surface area contributed by atoms with Crippen LogP contribution in [0.5, 0.6) is 0 Å². The summed E-state index contributed by atoms with van der Waals surface area (Å²) in [5, 5.41) is 0. The third-order valence-corrected chi connectivity index (χ3v) is 8.55. The van der Waals surface area contributed by atoms with E-state index in [1.807, 2.05) is 60.4 Å². The number of halogens is 1. The highest BCUT2D eigenvalue weighted by Gasteiger charge is 2.71. The lowest BCUT2D eigenvalue weighted by molar-refractivity contribution is 0.0666. The van der Waals surface area contributed by atoms with Gasteiger partial charge in [0, 0.05) is 28.3 Å². The Balaban J connectivity index is 1.54. The zero-order valence-electron chi connectivity index (χ0n) is 21.2. The molecule has 0 bridgehead atoms. The number of aryl methyl sites for hydroxylation is 1.